The van der Waals surface area contributed by atoms with E-state index in [-0.39, 0.29) is 0 Å². The summed E-state index contributed by atoms with van der Waals surface area (Å²) in [6.07, 6.45) is 1.13. The molecule has 2 N–H and O–H groups in total. The molecule has 0 aliphatic carbocycles. The van der Waals surface area contributed by atoms with Crippen LogP contribution in [-0.2, 0) is 12.8 Å². The summed E-state index contributed by atoms with van der Waals surface area (Å²) in [6.45, 7) is 7.88. The lowest BCUT2D eigenvalue weighted by Gasteiger charge is -2.13. The Morgan fingerprint density at radius 1 is 0.519 bits per heavy atom. The lowest BCUT2D eigenvalue weighted by Crippen LogP contribution is -2.13. The van der Waals surface area contributed by atoms with E-state index in [4.69, 9.17) is 9.47 Å². The van der Waals surface area contributed by atoms with Gasteiger partial charge < -0.3 is 9.47 Å². The van der Waals surface area contributed by atoms with Gasteiger partial charge in [-0.1, -0.05) is 96.1 Å². The average Bonchev–Trinajstić information content (AvgIpc) is 3.17. The molecule has 0 unspecified atom stereocenters. The molecule has 0 amide bonds. The molecule has 262 valence electrons. The molecule has 0 spiro atoms. The van der Waals surface area contributed by atoms with Gasteiger partial charge in [-0.05, 0) is 63.1 Å². The van der Waals surface area contributed by atoms with E-state index in [1.54, 1.807) is 14.2 Å². The largest absolute Gasteiger partial charge is 0.496 e. The van der Waals surface area contributed by atoms with Gasteiger partial charge in [0, 0.05) is 35.1 Å². The van der Waals surface area contributed by atoms with Crippen LogP contribution in [0.2, 0.25) is 0 Å². The zero-order valence-electron chi connectivity index (χ0n) is 30.3. The SMILES string of the molecule is COc1ccccc1Cc1cc(-c2ccc(C)cc2)nnc1N/N=C(C)\C(C)=N/Nc1nnc(-c2ccc(C)cc2)cc1Cc1ccccc1OC. The molecule has 0 aliphatic heterocycles. The Hall–Kier alpha value is -6.42. The lowest BCUT2D eigenvalue weighted by molar-refractivity contribution is 0.410. The van der Waals surface area contributed by atoms with Gasteiger partial charge in [0.2, 0.25) is 0 Å². The van der Waals surface area contributed by atoms with Gasteiger partial charge in [0.15, 0.2) is 11.6 Å². The molecule has 52 heavy (non-hydrogen) atoms. The summed E-state index contributed by atoms with van der Waals surface area (Å²) in [4.78, 5) is 0. The van der Waals surface area contributed by atoms with E-state index in [0.29, 0.717) is 35.9 Å². The number of aromatic nitrogens is 4. The fraction of sp³-hybridized carbons (Fsp3) is 0.190. The smallest absolute Gasteiger partial charge is 0.172 e. The van der Waals surface area contributed by atoms with Gasteiger partial charge in [-0.2, -0.15) is 10.2 Å². The first-order chi connectivity index (χ1) is 25.3. The molecule has 0 bridgehead atoms. The topological polar surface area (TPSA) is 119 Å². The summed E-state index contributed by atoms with van der Waals surface area (Å²) < 4.78 is 11.3. The van der Waals surface area contributed by atoms with Gasteiger partial charge in [-0.15, -0.1) is 20.4 Å². The number of para-hydroxylation sites is 2. The van der Waals surface area contributed by atoms with Crippen LogP contribution in [0, 0.1) is 13.8 Å². The van der Waals surface area contributed by atoms with E-state index in [0.717, 1.165) is 56.3 Å². The minimum absolute atomic E-state index is 0.540. The molecular formula is C42H42N8O2. The number of benzene rings is 4. The molecule has 0 saturated carbocycles. The van der Waals surface area contributed by atoms with Gasteiger partial charge in [0.1, 0.15) is 11.5 Å². The molecular weight excluding hydrogens is 649 g/mol. The quantitative estimate of drug-likeness (QED) is 0.0913. The van der Waals surface area contributed by atoms with Crippen molar-refractivity contribution < 1.29 is 9.47 Å². The van der Waals surface area contributed by atoms with E-state index in [1.165, 1.54) is 11.1 Å². The van der Waals surface area contributed by atoms with Crippen molar-refractivity contribution in [2.24, 2.45) is 10.2 Å². The molecule has 6 rings (SSSR count). The Bertz CT molecular complexity index is 2060. The summed E-state index contributed by atoms with van der Waals surface area (Å²) in [5.41, 5.74) is 17.4. The van der Waals surface area contributed by atoms with Gasteiger partial charge in [-0.3, -0.25) is 10.9 Å². The molecule has 4 aromatic carbocycles. The highest BCUT2D eigenvalue weighted by atomic mass is 16.5. The van der Waals surface area contributed by atoms with Crippen molar-refractivity contribution in [2.75, 3.05) is 25.1 Å². The summed E-state index contributed by atoms with van der Waals surface area (Å²) in [5.74, 6) is 2.68. The number of hydrazone groups is 2. The maximum atomic E-state index is 5.64. The third kappa shape index (κ3) is 8.65. The van der Waals surface area contributed by atoms with E-state index >= 15 is 0 Å². The van der Waals surface area contributed by atoms with Crippen LogP contribution >= 0.6 is 0 Å². The minimum atomic E-state index is 0.540. The van der Waals surface area contributed by atoms with E-state index in [2.05, 4.69) is 104 Å². The zero-order chi connectivity index (χ0) is 36.5. The summed E-state index contributed by atoms with van der Waals surface area (Å²) in [6, 6.07) is 36.5. The standard InChI is InChI=1S/C42H42N8O2/c1-27-15-19-31(20-16-27)37-25-35(23-33-11-7-9-13-39(33)51-5)41(49-45-37)47-43-29(3)30(4)44-48-42-36(24-34-12-8-10-14-40(34)52-6)26-38(46-50-42)32-21-17-28(2)18-22-32/h7-22,25-26H,23-24H2,1-6H3,(H,47,49)(H,48,50)/b43-29-,44-30-. The molecule has 6 aromatic rings. The molecule has 0 fully saturated rings. The first-order valence-electron chi connectivity index (χ1n) is 17.0. The number of ether oxygens (including phenoxy) is 2. The molecule has 10 nitrogen and oxygen atoms in total. The number of hydrogen-bond donors (Lipinski definition) is 2. The van der Waals surface area contributed by atoms with Crippen LogP contribution in [0.1, 0.15) is 47.2 Å². The van der Waals surface area contributed by atoms with E-state index < -0.39 is 0 Å². The van der Waals surface area contributed by atoms with E-state index in [1.807, 2.05) is 74.5 Å². The Morgan fingerprint density at radius 3 is 1.29 bits per heavy atom. The van der Waals surface area contributed by atoms with Crippen LogP contribution in [0.5, 0.6) is 11.5 Å². The van der Waals surface area contributed by atoms with Crippen molar-refractivity contribution in [1.82, 2.24) is 20.4 Å². The van der Waals surface area contributed by atoms with Crippen molar-refractivity contribution in [3.05, 3.63) is 143 Å². The van der Waals surface area contributed by atoms with Crippen LogP contribution in [-0.4, -0.2) is 46.0 Å². The molecule has 0 aliphatic rings. The predicted molar refractivity (Wildman–Crippen MR) is 209 cm³/mol. The van der Waals surface area contributed by atoms with E-state index in [9.17, 15) is 0 Å². The minimum Gasteiger partial charge on any atom is -0.496 e. The second kappa shape index (κ2) is 16.5. The van der Waals surface area contributed by atoms with Crippen LogP contribution < -0.4 is 20.3 Å². The number of hydrogen-bond acceptors (Lipinski definition) is 10. The fourth-order valence-electron chi connectivity index (χ4n) is 5.59. The van der Waals surface area contributed by atoms with Crippen LogP contribution in [0.3, 0.4) is 0 Å². The maximum Gasteiger partial charge on any atom is 0.172 e. The van der Waals surface area contributed by atoms with Crippen LogP contribution in [0.25, 0.3) is 22.5 Å². The molecule has 0 saturated heterocycles. The lowest BCUT2D eigenvalue weighted by atomic mass is 10.0. The molecule has 2 aromatic heterocycles. The number of methoxy groups -OCH3 is 2. The highest BCUT2D eigenvalue weighted by Gasteiger charge is 2.15. The highest BCUT2D eigenvalue weighted by Crippen LogP contribution is 2.29. The normalized spacial score (nSPS) is 11.7. The number of aryl methyl sites for hydroxylation is 2. The first kappa shape index (κ1) is 35.4. The number of nitrogens with zero attached hydrogens (tertiary/aromatic N) is 6. The number of anilines is 2. The van der Waals surface area contributed by atoms with Crippen LogP contribution in [0.4, 0.5) is 11.6 Å². The summed E-state index contributed by atoms with van der Waals surface area (Å²) in [7, 11) is 3.35. The van der Waals surface area contributed by atoms with Crippen molar-refractivity contribution in [3.8, 4) is 34.0 Å². The molecule has 10 heteroatoms. The zero-order valence-corrected chi connectivity index (χ0v) is 30.3. The molecule has 0 radical (unpaired) electrons. The van der Waals surface area contributed by atoms with Gasteiger partial charge in [0.25, 0.3) is 0 Å². The van der Waals surface area contributed by atoms with Crippen LogP contribution in [0.15, 0.2) is 119 Å². The van der Waals surface area contributed by atoms with Crippen molar-refractivity contribution in [3.63, 3.8) is 0 Å². The van der Waals surface area contributed by atoms with Gasteiger partial charge >= 0.3 is 0 Å². The number of rotatable bonds is 13. The third-order valence-electron chi connectivity index (χ3n) is 8.77. The van der Waals surface area contributed by atoms with Crippen molar-refractivity contribution in [2.45, 2.75) is 40.5 Å². The Morgan fingerprint density at radius 2 is 0.904 bits per heavy atom. The fourth-order valence-corrected chi connectivity index (χ4v) is 5.59. The van der Waals surface area contributed by atoms with Gasteiger partial charge in [-0.25, -0.2) is 0 Å². The summed E-state index contributed by atoms with van der Waals surface area (Å²) in [5, 5.41) is 27.5. The van der Waals surface area contributed by atoms with Crippen molar-refractivity contribution in [1.29, 1.82) is 0 Å². The Labute approximate surface area is 304 Å². The second-order valence-corrected chi connectivity index (χ2v) is 12.5. The van der Waals surface area contributed by atoms with Crippen molar-refractivity contribution >= 4 is 23.1 Å². The average molecular weight is 691 g/mol. The highest BCUT2D eigenvalue weighted by molar-refractivity contribution is 6.40. The third-order valence-corrected chi connectivity index (χ3v) is 8.77. The number of nitrogens with one attached hydrogen (secondary N) is 2. The Kier molecular flexibility index (Phi) is 11.3. The monoisotopic (exact) mass is 690 g/mol. The first-order valence-corrected chi connectivity index (χ1v) is 17.0. The summed E-state index contributed by atoms with van der Waals surface area (Å²) >= 11 is 0. The second-order valence-electron chi connectivity index (χ2n) is 12.5. The van der Waals surface area contributed by atoms with Gasteiger partial charge in [0.05, 0.1) is 37.0 Å². The maximum absolute atomic E-state index is 5.64. The molecule has 0 atom stereocenters. The predicted octanol–water partition coefficient (Wildman–Crippen LogP) is 8.69. The molecule has 2 heterocycles. The Balaban J connectivity index is 1.26.